The van der Waals surface area contributed by atoms with Crippen LogP contribution in [-0.2, 0) is 11.3 Å². The van der Waals surface area contributed by atoms with E-state index < -0.39 is 0 Å². The molecule has 2 aromatic rings. The zero-order chi connectivity index (χ0) is 14.1. The molecule has 1 heterocycles. The number of carbonyl (C=O) groups excluding carboxylic acids is 1. The van der Waals surface area contributed by atoms with Crippen LogP contribution in [0.25, 0.3) is 0 Å². The van der Waals surface area contributed by atoms with Crippen molar-refractivity contribution in [2.75, 3.05) is 16.8 Å². The van der Waals surface area contributed by atoms with Gasteiger partial charge in [-0.1, -0.05) is 18.2 Å². The summed E-state index contributed by atoms with van der Waals surface area (Å²) < 4.78 is 13.4. The summed E-state index contributed by atoms with van der Waals surface area (Å²) in [5, 5.41) is 3.09. The molecule has 3 rings (SSSR count). The molecule has 20 heavy (non-hydrogen) atoms. The Bertz CT molecular complexity index is 669. The van der Waals surface area contributed by atoms with E-state index in [4.69, 9.17) is 0 Å². The second-order valence-electron chi connectivity index (χ2n) is 4.92. The van der Waals surface area contributed by atoms with Crippen molar-refractivity contribution in [3.63, 3.8) is 0 Å². The zero-order valence-corrected chi connectivity index (χ0v) is 11.2. The molecule has 4 heteroatoms. The van der Waals surface area contributed by atoms with Gasteiger partial charge in [-0.05, 0) is 42.3 Å². The number of para-hydroxylation sites is 2. The highest BCUT2D eigenvalue weighted by Gasteiger charge is 2.23. The van der Waals surface area contributed by atoms with Crippen molar-refractivity contribution in [2.45, 2.75) is 13.5 Å². The molecule has 1 N–H and O–H groups in total. The van der Waals surface area contributed by atoms with E-state index in [2.05, 4.69) is 5.32 Å². The lowest BCUT2D eigenvalue weighted by atomic mass is 10.1. The smallest absolute Gasteiger partial charge is 0.246 e. The van der Waals surface area contributed by atoms with Crippen molar-refractivity contribution in [1.82, 2.24) is 0 Å². The lowest BCUT2D eigenvalue weighted by Crippen LogP contribution is -2.39. The third-order valence-corrected chi connectivity index (χ3v) is 3.57. The van der Waals surface area contributed by atoms with Gasteiger partial charge in [-0.3, -0.25) is 4.79 Å². The fraction of sp³-hybridized carbons (Fsp3) is 0.188. The van der Waals surface area contributed by atoms with Gasteiger partial charge < -0.3 is 10.2 Å². The lowest BCUT2D eigenvalue weighted by Gasteiger charge is -2.30. The number of hydrogen-bond donors (Lipinski definition) is 1. The van der Waals surface area contributed by atoms with E-state index >= 15 is 0 Å². The average molecular weight is 270 g/mol. The van der Waals surface area contributed by atoms with E-state index in [9.17, 15) is 9.18 Å². The topological polar surface area (TPSA) is 32.3 Å². The van der Waals surface area contributed by atoms with Gasteiger partial charge in [-0.2, -0.15) is 0 Å². The summed E-state index contributed by atoms with van der Waals surface area (Å²) in [6.07, 6.45) is 0. The lowest BCUT2D eigenvalue weighted by molar-refractivity contribution is -0.117. The molecule has 0 saturated carbocycles. The Balaban J connectivity index is 1.97. The number of amides is 1. The van der Waals surface area contributed by atoms with Crippen molar-refractivity contribution in [3.8, 4) is 0 Å². The molecular formula is C16H15FN2O. The number of rotatable bonds is 2. The molecule has 0 aromatic heterocycles. The fourth-order valence-electron chi connectivity index (χ4n) is 2.41. The first-order valence-electron chi connectivity index (χ1n) is 6.53. The first-order valence-corrected chi connectivity index (χ1v) is 6.53. The van der Waals surface area contributed by atoms with E-state index in [1.54, 1.807) is 11.0 Å². The predicted octanol–water partition coefficient (Wildman–Crippen LogP) is 3.09. The second-order valence-corrected chi connectivity index (χ2v) is 4.92. The third kappa shape index (κ3) is 2.25. The Hall–Kier alpha value is -2.36. The second kappa shape index (κ2) is 4.96. The van der Waals surface area contributed by atoms with Gasteiger partial charge >= 0.3 is 0 Å². The first-order chi connectivity index (χ1) is 9.65. The number of hydrogen-bond acceptors (Lipinski definition) is 2. The Morgan fingerprint density at radius 2 is 2.05 bits per heavy atom. The van der Waals surface area contributed by atoms with E-state index in [0.717, 1.165) is 22.5 Å². The van der Waals surface area contributed by atoms with E-state index in [1.165, 1.54) is 12.1 Å². The third-order valence-electron chi connectivity index (χ3n) is 3.57. The van der Waals surface area contributed by atoms with Crippen molar-refractivity contribution in [2.24, 2.45) is 0 Å². The number of nitrogens with one attached hydrogen (secondary N) is 1. The molecule has 102 valence electrons. The van der Waals surface area contributed by atoms with Gasteiger partial charge in [0.2, 0.25) is 5.91 Å². The molecule has 3 nitrogen and oxygen atoms in total. The minimum absolute atomic E-state index is 0.00707. The molecule has 0 aliphatic carbocycles. The number of benzene rings is 2. The Morgan fingerprint density at radius 1 is 1.25 bits per heavy atom. The number of carbonyl (C=O) groups is 1. The molecule has 0 radical (unpaired) electrons. The Morgan fingerprint density at radius 3 is 2.90 bits per heavy atom. The van der Waals surface area contributed by atoms with Gasteiger partial charge in [0, 0.05) is 0 Å². The SMILES string of the molecule is Cc1ccc(F)cc1CN1C(=O)CNc2ccccc21. The molecule has 0 saturated heterocycles. The maximum atomic E-state index is 13.4. The van der Waals surface area contributed by atoms with Crippen LogP contribution in [0.3, 0.4) is 0 Å². The quantitative estimate of drug-likeness (QED) is 0.909. The standard InChI is InChI=1S/C16H15FN2O/c1-11-6-7-13(17)8-12(11)10-19-15-5-3-2-4-14(15)18-9-16(19)20/h2-8,18H,9-10H2,1H3. The average Bonchev–Trinajstić information content (AvgIpc) is 2.46. The van der Waals surface area contributed by atoms with Crippen LogP contribution < -0.4 is 10.2 Å². The summed E-state index contributed by atoms with van der Waals surface area (Å²) in [4.78, 5) is 13.8. The predicted molar refractivity (Wildman–Crippen MR) is 77.3 cm³/mol. The van der Waals surface area contributed by atoms with E-state index in [1.807, 2.05) is 31.2 Å². The van der Waals surface area contributed by atoms with Gasteiger partial charge in [0.1, 0.15) is 5.82 Å². The van der Waals surface area contributed by atoms with Gasteiger partial charge in [0.15, 0.2) is 0 Å². The molecule has 0 unspecified atom stereocenters. The first kappa shape index (κ1) is 12.7. The maximum Gasteiger partial charge on any atom is 0.246 e. The van der Waals surface area contributed by atoms with Crippen LogP contribution in [0.15, 0.2) is 42.5 Å². The number of halogens is 1. The minimum Gasteiger partial charge on any atom is -0.374 e. The normalized spacial score (nSPS) is 13.9. The molecule has 0 bridgehead atoms. The monoisotopic (exact) mass is 270 g/mol. The number of fused-ring (bicyclic) bond motifs is 1. The fourth-order valence-corrected chi connectivity index (χ4v) is 2.41. The molecule has 1 aliphatic heterocycles. The number of aryl methyl sites for hydroxylation is 1. The van der Waals surface area contributed by atoms with Crippen LogP contribution in [-0.4, -0.2) is 12.5 Å². The Labute approximate surface area is 117 Å². The highest BCUT2D eigenvalue weighted by Crippen LogP contribution is 2.30. The summed E-state index contributed by atoms with van der Waals surface area (Å²) in [5.74, 6) is -0.283. The van der Waals surface area contributed by atoms with Crippen molar-refractivity contribution < 1.29 is 9.18 Å². The molecule has 1 aliphatic rings. The summed E-state index contributed by atoms with van der Waals surface area (Å²) in [6.45, 7) is 2.58. The molecular weight excluding hydrogens is 255 g/mol. The van der Waals surface area contributed by atoms with Crippen LogP contribution in [0.1, 0.15) is 11.1 Å². The van der Waals surface area contributed by atoms with Crippen LogP contribution in [0, 0.1) is 12.7 Å². The molecule has 1 amide bonds. The van der Waals surface area contributed by atoms with Gasteiger partial charge in [0.05, 0.1) is 24.5 Å². The highest BCUT2D eigenvalue weighted by atomic mass is 19.1. The molecule has 0 fully saturated rings. The number of anilines is 2. The summed E-state index contributed by atoms with van der Waals surface area (Å²) >= 11 is 0. The van der Waals surface area contributed by atoms with Gasteiger partial charge in [0.25, 0.3) is 0 Å². The Kier molecular flexibility index (Phi) is 3.14. The van der Waals surface area contributed by atoms with Crippen LogP contribution in [0.2, 0.25) is 0 Å². The van der Waals surface area contributed by atoms with Crippen LogP contribution in [0.5, 0.6) is 0 Å². The maximum absolute atomic E-state index is 13.4. The number of nitrogens with zero attached hydrogens (tertiary/aromatic N) is 1. The van der Waals surface area contributed by atoms with E-state index in [0.29, 0.717) is 6.54 Å². The summed E-state index contributed by atoms with van der Waals surface area (Å²) in [6, 6.07) is 12.3. The highest BCUT2D eigenvalue weighted by molar-refractivity contribution is 6.02. The van der Waals surface area contributed by atoms with Crippen molar-refractivity contribution >= 4 is 17.3 Å². The summed E-state index contributed by atoms with van der Waals surface area (Å²) in [7, 11) is 0. The van der Waals surface area contributed by atoms with E-state index in [-0.39, 0.29) is 18.3 Å². The van der Waals surface area contributed by atoms with Crippen LogP contribution >= 0.6 is 0 Å². The van der Waals surface area contributed by atoms with Crippen molar-refractivity contribution in [1.29, 1.82) is 0 Å². The zero-order valence-electron chi connectivity index (χ0n) is 11.2. The van der Waals surface area contributed by atoms with Crippen LogP contribution in [0.4, 0.5) is 15.8 Å². The summed E-state index contributed by atoms with van der Waals surface area (Å²) in [5.41, 5.74) is 3.58. The minimum atomic E-state index is -0.276. The largest absolute Gasteiger partial charge is 0.374 e. The van der Waals surface area contributed by atoms with Gasteiger partial charge in [-0.25, -0.2) is 4.39 Å². The van der Waals surface area contributed by atoms with Gasteiger partial charge in [-0.15, -0.1) is 0 Å². The molecule has 2 aromatic carbocycles. The molecule has 0 atom stereocenters. The molecule has 0 spiro atoms. The van der Waals surface area contributed by atoms with Crippen molar-refractivity contribution in [3.05, 3.63) is 59.4 Å².